The van der Waals surface area contributed by atoms with Gasteiger partial charge < -0.3 is 20.4 Å². The second-order valence-corrected chi connectivity index (χ2v) is 14.8. The van der Waals surface area contributed by atoms with Crippen LogP contribution >= 0.6 is 0 Å². The van der Waals surface area contributed by atoms with Crippen LogP contribution in [0.25, 0.3) is 0 Å². The van der Waals surface area contributed by atoms with Gasteiger partial charge in [-0.25, -0.2) is 8.78 Å². The molecule has 1 aromatic rings. The second kappa shape index (κ2) is 10.5. The molecule has 6 nitrogen and oxygen atoms in total. The van der Waals surface area contributed by atoms with Gasteiger partial charge in [0.15, 0.2) is 17.4 Å². The molecule has 43 heavy (non-hydrogen) atoms. The van der Waals surface area contributed by atoms with Crippen molar-refractivity contribution in [2.45, 2.75) is 89.9 Å². The van der Waals surface area contributed by atoms with Gasteiger partial charge in [0.25, 0.3) is 0 Å². The summed E-state index contributed by atoms with van der Waals surface area (Å²) < 4.78 is 28.3. The zero-order chi connectivity index (χ0) is 31.0. The summed E-state index contributed by atoms with van der Waals surface area (Å²) in [7, 11) is 0. The van der Waals surface area contributed by atoms with Crippen molar-refractivity contribution in [2.24, 2.45) is 33.5 Å². The highest BCUT2D eigenvalue weighted by Crippen LogP contribution is 2.78. The maximum absolute atomic E-state index is 14.5. The number of benzene rings is 1. The summed E-state index contributed by atoms with van der Waals surface area (Å²) in [5.41, 5.74) is -2.33. The molecule has 3 saturated carbocycles. The van der Waals surface area contributed by atoms with Gasteiger partial charge in [-0.1, -0.05) is 39.0 Å². The van der Waals surface area contributed by atoms with E-state index in [1.165, 1.54) is 6.07 Å². The van der Waals surface area contributed by atoms with E-state index < -0.39 is 45.7 Å². The average Bonchev–Trinajstić information content (AvgIpc) is 3.24. The first-order valence-electron chi connectivity index (χ1n) is 16.1. The molecular formula is C35H47F2NO5. The molecule has 7 rings (SSSR count). The largest absolute Gasteiger partial charge is 0.394 e. The van der Waals surface area contributed by atoms with Crippen LogP contribution in [0.1, 0.15) is 82.5 Å². The monoisotopic (exact) mass is 599 g/mol. The van der Waals surface area contributed by atoms with Crippen LogP contribution in [-0.4, -0.2) is 75.2 Å². The van der Waals surface area contributed by atoms with Crippen molar-refractivity contribution in [1.29, 1.82) is 0 Å². The number of hydrogen-bond donors (Lipinski definition) is 4. The predicted molar refractivity (Wildman–Crippen MR) is 159 cm³/mol. The summed E-state index contributed by atoms with van der Waals surface area (Å²) in [6.07, 6.45) is 10.8. The Kier molecular flexibility index (Phi) is 7.61. The molecule has 1 unspecified atom stereocenters. The second-order valence-electron chi connectivity index (χ2n) is 14.8. The number of aliphatic hydroxyl groups excluding tert-OH is 3. The SMILES string of the molecule is CCCN(C[C@H](O)CO)C[C@]1(O)CC[C@H]2[C@]34C=C[C@@]5(C=C3C(=O)c3ccc(F)c(F)c3)CC(O)CC[C@]5(C)[C@H]4CC[C@@]21C. The van der Waals surface area contributed by atoms with E-state index in [1.807, 2.05) is 4.90 Å². The minimum Gasteiger partial charge on any atom is -0.394 e. The lowest BCUT2D eigenvalue weighted by atomic mass is 9.32. The fourth-order valence-corrected chi connectivity index (χ4v) is 10.7. The Bertz CT molecular complexity index is 1350. The van der Waals surface area contributed by atoms with E-state index in [9.17, 15) is 34.0 Å². The number of carbonyl (C=O) groups is 1. The van der Waals surface area contributed by atoms with Gasteiger partial charge in [0, 0.05) is 40.5 Å². The Morgan fingerprint density at radius 1 is 1.05 bits per heavy atom. The number of carbonyl (C=O) groups excluding carboxylic acids is 1. The van der Waals surface area contributed by atoms with Gasteiger partial charge in [-0.3, -0.25) is 9.69 Å². The number of Topliss-reactive ketones (excluding diaryl/α,β-unsaturated/α-hetero) is 1. The molecule has 1 aromatic carbocycles. The topological polar surface area (TPSA) is 101 Å². The van der Waals surface area contributed by atoms with E-state index in [4.69, 9.17) is 0 Å². The third kappa shape index (κ3) is 4.30. The van der Waals surface area contributed by atoms with Crippen LogP contribution in [0.4, 0.5) is 8.78 Å². The molecule has 2 spiro atoms. The molecule has 6 aliphatic rings. The first-order chi connectivity index (χ1) is 20.3. The lowest BCUT2D eigenvalue weighted by Gasteiger charge is -2.71. The molecule has 3 fully saturated rings. The number of nitrogens with zero attached hydrogens (tertiary/aromatic N) is 1. The first-order valence-corrected chi connectivity index (χ1v) is 16.1. The Hall–Kier alpha value is -1.97. The average molecular weight is 600 g/mol. The standard InChI is InChI=1S/C35H47F2NO5/c1-4-15-38(19-24(41)20-39)21-34(43)12-9-29-32(34,3)11-8-28-31(2)10-7-23(40)17-33(31)13-14-35(28,29)25(18-33)30(42)22-5-6-26(36)27(37)16-22/h5-6,13-14,16,18,23-24,28-29,39-41,43H,4,7-12,15,17,19-21H2,1-3H3/t23?,24-,28+,29+,31+,32-,33-,34+,35+/m0/s1. The van der Waals surface area contributed by atoms with Gasteiger partial charge in [0.05, 0.1) is 24.4 Å². The predicted octanol–water partition coefficient (Wildman–Crippen LogP) is 4.80. The zero-order valence-electron chi connectivity index (χ0n) is 25.7. The summed E-state index contributed by atoms with van der Waals surface area (Å²) in [6, 6.07) is 3.35. The van der Waals surface area contributed by atoms with Gasteiger partial charge in [0.1, 0.15) is 0 Å². The van der Waals surface area contributed by atoms with E-state index in [0.29, 0.717) is 44.3 Å². The molecule has 0 aliphatic heterocycles. The van der Waals surface area contributed by atoms with Crippen LogP contribution < -0.4 is 0 Å². The summed E-state index contributed by atoms with van der Waals surface area (Å²) in [5.74, 6) is -2.35. The van der Waals surface area contributed by atoms with Gasteiger partial charge in [-0.05, 0) is 93.4 Å². The van der Waals surface area contributed by atoms with Crippen LogP contribution in [0.5, 0.6) is 0 Å². The Balaban J connectivity index is 1.46. The molecule has 0 amide bonds. The van der Waals surface area contributed by atoms with E-state index in [2.05, 4.69) is 39.0 Å². The highest BCUT2D eigenvalue weighted by atomic mass is 19.2. The highest BCUT2D eigenvalue weighted by Gasteiger charge is 2.74. The third-order valence-corrected chi connectivity index (χ3v) is 12.8. The van der Waals surface area contributed by atoms with Crippen LogP contribution in [0.2, 0.25) is 0 Å². The molecule has 0 saturated heterocycles. The van der Waals surface area contributed by atoms with Gasteiger partial charge >= 0.3 is 0 Å². The lowest BCUT2D eigenvalue weighted by molar-refractivity contribution is -0.177. The van der Waals surface area contributed by atoms with E-state index in [-0.39, 0.29) is 41.7 Å². The Morgan fingerprint density at radius 3 is 2.44 bits per heavy atom. The fraction of sp³-hybridized carbons (Fsp3) is 0.686. The minimum atomic E-state index is -1.08. The Labute approximate surface area is 253 Å². The summed E-state index contributed by atoms with van der Waals surface area (Å²) in [4.78, 5) is 16.5. The van der Waals surface area contributed by atoms with E-state index in [1.54, 1.807) is 0 Å². The number of halogens is 2. The summed E-state index contributed by atoms with van der Waals surface area (Å²) in [6.45, 7) is 7.47. The molecule has 8 heteroatoms. The molecular weight excluding hydrogens is 552 g/mol. The molecule has 2 bridgehead atoms. The third-order valence-electron chi connectivity index (χ3n) is 12.8. The van der Waals surface area contributed by atoms with Crippen LogP contribution in [-0.2, 0) is 0 Å². The van der Waals surface area contributed by atoms with Crippen LogP contribution in [0, 0.1) is 45.1 Å². The van der Waals surface area contributed by atoms with Gasteiger partial charge in [-0.15, -0.1) is 0 Å². The van der Waals surface area contributed by atoms with Crippen molar-refractivity contribution in [3.63, 3.8) is 0 Å². The van der Waals surface area contributed by atoms with Crippen LogP contribution in [0.3, 0.4) is 0 Å². The van der Waals surface area contributed by atoms with Crippen molar-refractivity contribution in [3.8, 4) is 0 Å². The number of aliphatic hydroxyl groups is 4. The smallest absolute Gasteiger partial charge is 0.189 e. The van der Waals surface area contributed by atoms with Crippen LogP contribution in [0.15, 0.2) is 42.0 Å². The number of allylic oxidation sites excluding steroid dienone is 4. The van der Waals surface area contributed by atoms with Gasteiger partial charge in [0.2, 0.25) is 0 Å². The van der Waals surface area contributed by atoms with Crippen molar-refractivity contribution >= 4 is 5.78 Å². The molecule has 4 N–H and O–H groups in total. The normalized spacial score (nSPS) is 41.9. The number of fused-ring (bicyclic) bond motifs is 1. The molecule has 0 heterocycles. The van der Waals surface area contributed by atoms with Gasteiger partial charge in [-0.2, -0.15) is 0 Å². The Morgan fingerprint density at radius 2 is 1.74 bits per heavy atom. The lowest BCUT2D eigenvalue weighted by Crippen LogP contribution is -2.67. The molecule has 236 valence electrons. The highest BCUT2D eigenvalue weighted by molar-refractivity contribution is 6.10. The number of hydrogen-bond acceptors (Lipinski definition) is 6. The first kappa shape index (κ1) is 31.0. The van der Waals surface area contributed by atoms with Crippen molar-refractivity contribution in [2.75, 3.05) is 26.2 Å². The van der Waals surface area contributed by atoms with E-state index in [0.717, 1.165) is 37.8 Å². The maximum Gasteiger partial charge on any atom is 0.189 e. The summed E-state index contributed by atoms with van der Waals surface area (Å²) in [5, 5.41) is 43.1. The number of ketones is 1. The molecule has 6 aliphatic carbocycles. The van der Waals surface area contributed by atoms with Crippen molar-refractivity contribution in [1.82, 2.24) is 4.90 Å². The molecule has 0 radical (unpaired) electrons. The molecule has 0 aromatic heterocycles. The van der Waals surface area contributed by atoms with Crippen molar-refractivity contribution < 1.29 is 34.0 Å². The fourth-order valence-electron chi connectivity index (χ4n) is 10.7. The summed E-state index contributed by atoms with van der Waals surface area (Å²) >= 11 is 0. The van der Waals surface area contributed by atoms with Crippen molar-refractivity contribution in [3.05, 3.63) is 59.2 Å². The maximum atomic E-state index is 14.5. The zero-order valence-corrected chi connectivity index (χ0v) is 25.7. The number of rotatable bonds is 9. The quantitative estimate of drug-likeness (QED) is 0.240. The molecule has 9 atom stereocenters. The minimum absolute atomic E-state index is 0.0753. The van der Waals surface area contributed by atoms with E-state index >= 15 is 0 Å².